The molecule has 2 N–H and O–H groups in total. The minimum absolute atomic E-state index is 0.482. The van der Waals surface area contributed by atoms with E-state index >= 15 is 0 Å². The quantitative estimate of drug-likeness (QED) is 0.876. The molecule has 1 aromatic heterocycles. The second kappa shape index (κ2) is 4.82. The summed E-state index contributed by atoms with van der Waals surface area (Å²) in [6.07, 6.45) is 0.0378. The van der Waals surface area contributed by atoms with Crippen LogP contribution in [0, 0.1) is 6.92 Å². The number of ether oxygens (including phenoxy) is 1. The summed E-state index contributed by atoms with van der Waals surface area (Å²) in [4.78, 5) is 12.2. The van der Waals surface area contributed by atoms with Crippen LogP contribution in [0.4, 0.5) is 4.79 Å². The van der Waals surface area contributed by atoms with Gasteiger partial charge in [-0.25, -0.2) is 4.79 Å². The molecule has 0 aliphatic rings. The van der Waals surface area contributed by atoms with E-state index in [4.69, 9.17) is 10.5 Å². The zero-order valence-electron chi connectivity index (χ0n) is 10.1. The number of nitrogens with zero attached hydrogens (tertiary/aromatic N) is 4. The first-order valence-corrected chi connectivity index (χ1v) is 5.38. The van der Waals surface area contributed by atoms with Gasteiger partial charge in [-0.05, 0) is 30.7 Å². The standard InChI is InChI=1S/C11H13N5O2/c1-7-3-4-9(8(2)18-11(12)17)10(5-7)16-14-6-13-15-16/h3-6,8H,1-2H3,(H2,12,17). The van der Waals surface area contributed by atoms with Gasteiger partial charge in [-0.3, -0.25) is 0 Å². The van der Waals surface area contributed by atoms with E-state index in [1.165, 1.54) is 11.1 Å². The lowest BCUT2D eigenvalue weighted by molar-refractivity contribution is 0.116. The number of hydrogen-bond acceptors (Lipinski definition) is 5. The molecular formula is C11H13N5O2. The van der Waals surface area contributed by atoms with Crippen molar-refractivity contribution >= 4 is 6.09 Å². The Morgan fingerprint density at radius 2 is 2.28 bits per heavy atom. The van der Waals surface area contributed by atoms with E-state index in [1.807, 2.05) is 25.1 Å². The summed E-state index contributed by atoms with van der Waals surface area (Å²) in [5.74, 6) is 0. The van der Waals surface area contributed by atoms with Gasteiger partial charge >= 0.3 is 6.09 Å². The van der Waals surface area contributed by atoms with Crippen LogP contribution in [0.2, 0.25) is 0 Å². The van der Waals surface area contributed by atoms with Crippen LogP contribution in [-0.2, 0) is 4.74 Å². The van der Waals surface area contributed by atoms with E-state index in [0.717, 1.165) is 11.1 Å². The van der Waals surface area contributed by atoms with E-state index in [9.17, 15) is 4.79 Å². The van der Waals surface area contributed by atoms with Gasteiger partial charge in [0.1, 0.15) is 6.10 Å². The predicted molar refractivity (Wildman–Crippen MR) is 63.0 cm³/mol. The van der Waals surface area contributed by atoms with Gasteiger partial charge in [0, 0.05) is 5.56 Å². The van der Waals surface area contributed by atoms with Crippen LogP contribution in [0.5, 0.6) is 0 Å². The molecule has 1 atom stereocenters. The third-order valence-corrected chi connectivity index (χ3v) is 2.48. The molecule has 0 radical (unpaired) electrons. The molecule has 0 spiro atoms. The van der Waals surface area contributed by atoms with Crippen molar-refractivity contribution in [2.24, 2.45) is 5.73 Å². The molecule has 0 aliphatic heterocycles. The fourth-order valence-electron chi connectivity index (χ4n) is 1.69. The van der Waals surface area contributed by atoms with Crippen LogP contribution in [0.3, 0.4) is 0 Å². The van der Waals surface area contributed by atoms with Crippen molar-refractivity contribution in [3.63, 3.8) is 0 Å². The number of primary amides is 1. The van der Waals surface area contributed by atoms with Gasteiger partial charge in [0.05, 0.1) is 5.69 Å². The molecule has 0 saturated carbocycles. The number of benzene rings is 1. The molecule has 1 aromatic carbocycles. The molecule has 2 rings (SSSR count). The Bertz CT molecular complexity index is 553. The number of hydrogen-bond donors (Lipinski definition) is 1. The molecule has 1 heterocycles. The highest BCUT2D eigenvalue weighted by atomic mass is 16.6. The normalized spacial score (nSPS) is 12.1. The van der Waals surface area contributed by atoms with Crippen LogP contribution < -0.4 is 5.73 Å². The molecule has 0 saturated heterocycles. The highest BCUT2D eigenvalue weighted by molar-refractivity contribution is 5.65. The summed E-state index contributed by atoms with van der Waals surface area (Å²) in [7, 11) is 0. The summed E-state index contributed by atoms with van der Waals surface area (Å²) in [5, 5.41) is 11.5. The number of nitrogens with two attached hydrogens (primary N) is 1. The smallest absolute Gasteiger partial charge is 0.405 e. The SMILES string of the molecule is Cc1ccc(C(C)OC(N)=O)c(-n2ncnn2)c1. The zero-order chi connectivity index (χ0) is 13.1. The molecule has 7 nitrogen and oxygen atoms in total. The molecule has 1 unspecified atom stereocenters. The average Bonchev–Trinajstić information content (AvgIpc) is 2.80. The van der Waals surface area contributed by atoms with Crippen LogP contribution in [0.1, 0.15) is 24.2 Å². The van der Waals surface area contributed by atoms with E-state index in [0.29, 0.717) is 5.69 Å². The minimum atomic E-state index is -0.819. The second-order valence-electron chi connectivity index (χ2n) is 3.87. The number of tetrazole rings is 1. The first kappa shape index (κ1) is 12.0. The Kier molecular flexibility index (Phi) is 3.22. The molecule has 2 aromatic rings. The summed E-state index contributed by atoms with van der Waals surface area (Å²) in [6.45, 7) is 3.68. The second-order valence-corrected chi connectivity index (χ2v) is 3.87. The lowest BCUT2D eigenvalue weighted by atomic mass is 10.1. The average molecular weight is 247 g/mol. The number of aromatic nitrogens is 4. The van der Waals surface area contributed by atoms with Gasteiger partial charge in [0.25, 0.3) is 0 Å². The van der Waals surface area contributed by atoms with Crippen molar-refractivity contribution in [1.29, 1.82) is 0 Å². The Balaban J connectivity index is 2.44. The van der Waals surface area contributed by atoms with Gasteiger partial charge in [-0.2, -0.15) is 0 Å². The topological polar surface area (TPSA) is 95.9 Å². The number of carbonyl (C=O) groups excluding carboxylic acids is 1. The summed E-state index contributed by atoms with van der Waals surface area (Å²) in [5.41, 5.74) is 7.53. The molecule has 7 heteroatoms. The maximum atomic E-state index is 10.8. The Labute approximate surface area is 104 Å². The third kappa shape index (κ3) is 2.45. The highest BCUT2D eigenvalue weighted by Gasteiger charge is 2.16. The van der Waals surface area contributed by atoms with Crippen LogP contribution in [0.25, 0.3) is 5.69 Å². The van der Waals surface area contributed by atoms with Crippen molar-refractivity contribution < 1.29 is 9.53 Å². The van der Waals surface area contributed by atoms with E-state index in [2.05, 4.69) is 15.4 Å². The largest absolute Gasteiger partial charge is 0.442 e. The lowest BCUT2D eigenvalue weighted by Crippen LogP contribution is -2.17. The predicted octanol–water partition coefficient (Wildman–Crippen LogP) is 1.13. The van der Waals surface area contributed by atoms with Crippen molar-refractivity contribution in [2.75, 3.05) is 0 Å². The van der Waals surface area contributed by atoms with Crippen LogP contribution >= 0.6 is 0 Å². The first-order valence-electron chi connectivity index (χ1n) is 5.38. The summed E-state index contributed by atoms with van der Waals surface area (Å²) in [6, 6.07) is 5.65. The van der Waals surface area contributed by atoms with Gasteiger partial charge in [-0.15, -0.1) is 15.0 Å². The van der Waals surface area contributed by atoms with Gasteiger partial charge in [0.2, 0.25) is 0 Å². The maximum absolute atomic E-state index is 10.8. The number of carbonyl (C=O) groups is 1. The van der Waals surface area contributed by atoms with Crippen LogP contribution in [-0.4, -0.2) is 26.3 Å². The fraction of sp³-hybridized carbons (Fsp3) is 0.273. The fourth-order valence-corrected chi connectivity index (χ4v) is 1.69. The van der Waals surface area contributed by atoms with Crippen molar-refractivity contribution in [1.82, 2.24) is 20.2 Å². The third-order valence-electron chi connectivity index (χ3n) is 2.48. The number of rotatable bonds is 3. The Morgan fingerprint density at radius 3 is 2.89 bits per heavy atom. The summed E-state index contributed by atoms with van der Waals surface area (Å²) >= 11 is 0. The number of aryl methyl sites for hydroxylation is 1. The number of amides is 1. The molecule has 94 valence electrons. The molecule has 0 fully saturated rings. The lowest BCUT2D eigenvalue weighted by Gasteiger charge is -2.15. The van der Waals surface area contributed by atoms with Gasteiger partial charge < -0.3 is 10.5 Å². The monoisotopic (exact) mass is 247 g/mol. The van der Waals surface area contributed by atoms with E-state index in [1.54, 1.807) is 6.92 Å². The Hall–Kier alpha value is -2.44. The van der Waals surface area contributed by atoms with E-state index < -0.39 is 12.2 Å². The van der Waals surface area contributed by atoms with Crippen molar-refractivity contribution in [3.05, 3.63) is 35.7 Å². The molecule has 0 bridgehead atoms. The van der Waals surface area contributed by atoms with Crippen molar-refractivity contribution in [3.8, 4) is 5.69 Å². The first-order chi connectivity index (χ1) is 8.58. The molecule has 1 amide bonds. The molecule has 18 heavy (non-hydrogen) atoms. The van der Waals surface area contributed by atoms with Crippen molar-refractivity contribution in [2.45, 2.75) is 20.0 Å². The van der Waals surface area contributed by atoms with Crippen LogP contribution in [0.15, 0.2) is 24.5 Å². The highest BCUT2D eigenvalue weighted by Crippen LogP contribution is 2.24. The summed E-state index contributed by atoms with van der Waals surface area (Å²) < 4.78 is 4.96. The molecule has 0 aliphatic carbocycles. The van der Waals surface area contributed by atoms with Gasteiger partial charge in [-0.1, -0.05) is 12.1 Å². The zero-order valence-corrected chi connectivity index (χ0v) is 10.1. The van der Waals surface area contributed by atoms with E-state index in [-0.39, 0.29) is 0 Å². The van der Waals surface area contributed by atoms with Gasteiger partial charge in [0.15, 0.2) is 6.33 Å². The Morgan fingerprint density at radius 1 is 1.50 bits per heavy atom. The maximum Gasteiger partial charge on any atom is 0.405 e. The molecular weight excluding hydrogens is 234 g/mol. The minimum Gasteiger partial charge on any atom is -0.442 e.